The van der Waals surface area contributed by atoms with Gasteiger partial charge < -0.3 is 10.6 Å². The lowest BCUT2D eigenvalue weighted by Gasteiger charge is -2.17. The van der Waals surface area contributed by atoms with Crippen LogP contribution < -0.4 is 10.6 Å². The molecule has 17 heavy (non-hydrogen) atoms. The monoisotopic (exact) mass is 230 g/mol. The molecule has 1 aliphatic carbocycles. The summed E-state index contributed by atoms with van der Waals surface area (Å²) < 4.78 is 0. The van der Waals surface area contributed by atoms with Crippen molar-refractivity contribution in [2.45, 2.75) is 37.8 Å². The molecule has 1 saturated heterocycles. The molecule has 2 N–H and O–H groups in total. The zero-order valence-electron chi connectivity index (χ0n) is 9.91. The van der Waals surface area contributed by atoms with Crippen molar-refractivity contribution in [3.05, 3.63) is 35.4 Å². The predicted octanol–water partition coefficient (Wildman–Crippen LogP) is 1.54. The van der Waals surface area contributed by atoms with E-state index < -0.39 is 0 Å². The number of benzene rings is 1. The fourth-order valence-corrected chi connectivity index (χ4v) is 2.89. The minimum absolute atomic E-state index is 0.0303. The maximum Gasteiger partial charge on any atom is 0.237 e. The number of aryl methyl sites for hydroxylation is 1. The van der Waals surface area contributed by atoms with Crippen molar-refractivity contribution in [2.24, 2.45) is 0 Å². The smallest absolute Gasteiger partial charge is 0.237 e. The molecule has 0 bridgehead atoms. The summed E-state index contributed by atoms with van der Waals surface area (Å²) in [6.07, 6.45) is 4.20. The van der Waals surface area contributed by atoms with Crippen molar-refractivity contribution in [1.82, 2.24) is 10.6 Å². The lowest BCUT2D eigenvalue weighted by atomic mass is 10.1. The molecule has 1 fully saturated rings. The molecule has 3 nitrogen and oxygen atoms in total. The van der Waals surface area contributed by atoms with Gasteiger partial charge in [-0.1, -0.05) is 24.3 Å². The van der Waals surface area contributed by atoms with E-state index in [0.717, 1.165) is 32.2 Å². The van der Waals surface area contributed by atoms with E-state index in [2.05, 4.69) is 34.9 Å². The molecule has 2 atom stereocenters. The average molecular weight is 230 g/mol. The molecule has 0 aromatic heterocycles. The van der Waals surface area contributed by atoms with Gasteiger partial charge in [-0.05, 0) is 43.4 Å². The summed E-state index contributed by atoms with van der Waals surface area (Å²) in [7, 11) is 0. The van der Waals surface area contributed by atoms with Gasteiger partial charge in [-0.25, -0.2) is 0 Å². The summed E-state index contributed by atoms with van der Waals surface area (Å²) in [5, 5.41) is 6.42. The van der Waals surface area contributed by atoms with Crippen LogP contribution in [0.25, 0.3) is 0 Å². The summed E-state index contributed by atoms with van der Waals surface area (Å²) in [6.45, 7) is 0.972. The predicted molar refractivity (Wildman–Crippen MR) is 66.7 cm³/mol. The first-order valence-corrected chi connectivity index (χ1v) is 6.46. The van der Waals surface area contributed by atoms with Crippen LogP contribution in [-0.2, 0) is 11.2 Å². The highest BCUT2D eigenvalue weighted by Gasteiger charge is 2.27. The van der Waals surface area contributed by atoms with Gasteiger partial charge in [-0.2, -0.15) is 0 Å². The molecule has 1 heterocycles. The molecule has 1 aromatic carbocycles. The molecule has 0 saturated carbocycles. The second-order valence-electron chi connectivity index (χ2n) is 4.95. The zero-order valence-corrected chi connectivity index (χ0v) is 9.91. The van der Waals surface area contributed by atoms with E-state index in [1.165, 1.54) is 11.1 Å². The van der Waals surface area contributed by atoms with Crippen molar-refractivity contribution in [3.8, 4) is 0 Å². The number of carbonyl (C=O) groups excluding carboxylic acids is 1. The Morgan fingerprint density at radius 3 is 3.00 bits per heavy atom. The van der Waals surface area contributed by atoms with Crippen LogP contribution >= 0.6 is 0 Å². The van der Waals surface area contributed by atoms with Crippen molar-refractivity contribution < 1.29 is 4.79 Å². The first-order valence-electron chi connectivity index (χ1n) is 6.46. The number of hydrogen-bond donors (Lipinski definition) is 2. The van der Waals surface area contributed by atoms with E-state index >= 15 is 0 Å². The second kappa shape index (κ2) is 4.49. The zero-order chi connectivity index (χ0) is 11.7. The molecular weight excluding hydrogens is 212 g/mol. The highest BCUT2D eigenvalue weighted by atomic mass is 16.2. The molecule has 0 radical (unpaired) electrons. The summed E-state index contributed by atoms with van der Waals surface area (Å²) in [6, 6.07) is 8.67. The minimum Gasteiger partial charge on any atom is -0.348 e. The van der Waals surface area contributed by atoms with Gasteiger partial charge in [0.1, 0.15) is 0 Å². The molecule has 1 unspecified atom stereocenters. The van der Waals surface area contributed by atoms with Gasteiger partial charge in [0.2, 0.25) is 5.91 Å². The normalized spacial score (nSPS) is 26.8. The standard InChI is InChI=1S/C14H18N2O/c17-14(13-6-3-9-15-13)16-12-8-7-10-4-1-2-5-11(10)12/h1-2,4-5,12-13,15H,3,6-9H2,(H,16,17)/t12-,13?/m0/s1. The fraction of sp³-hybridized carbons (Fsp3) is 0.500. The van der Waals surface area contributed by atoms with Gasteiger partial charge in [0.05, 0.1) is 12.1 Å². The maximum atomic E-state index is 12.0. The first-order chi connectivity index (χ1) is 8.34. The van der Waals surface area contributed by atoms with Crippen LogP contribution in [0.2, 0.25) is 0 Å². The molecule has 1 aromatic rings. The van der Waals surface area contributed by atoms with Gasteiger partial charge >= 0.3 is 0 Å². The van der Waals surface area contributed by atoms with E-state index in [4.69, 9.17) is 0 Å². The van der Waals surface area contributed by atoms with Crippen LogP contribution in [0.15, 0.2) is 24.3 Å². The Labute approximate surface area is 102 Å². The van der Waals surface area contributed by atoms with Gasteiger partial charge in [0.15, 0.2) is 0 Å². The molecule has 3 rings (SSSR count). The topological polar surface area (TPSA) is 41.1 Å². The average Bonchev–Trinajstić information content (AvgIpc) is 2.98. The SMILES string of the molecule is O=C(N[C@H]1CCc2ccccc21)C1CCCN1. The number of rotatable bonds is 2. The van der Waals surface area contributed by atoms with Gasteiger partial charge in [-0.15, -0.1) is 0 Å². The fourth-order valence-electron chi connectivity index (χ4n) is 2.89. The van der Waals surface area contributed by atoms with E-state index in [1.54, 1.807) is 0 Å². The Hall–Kier alpha value is -1.35. The summed E-state index contributed by atoms with van der Waals surface area (Å²) >= 11 is 0. The van der Waals surface area contributed by atoms with Gasteiger partial charge in [-0.3, -0.25) is 4.79 Å². The molecular formula is C14H18N2O. The quantitative estimate of drug-likeness (QED) is 0.809. The van der Waals surface area contributed by atoms with E-state index in [9.17, 15) is 4.79 Å². The Balaban J connectivity index is 1.68. The summed E-state index contributed by atoms with van der Waals surface area (Å²) in [5.41, 5.74) is 2.69. The largest absolute Gasteiger partial charge is 0.348 e. The van der Waals surface area contributed by atoms with E-state index in [0.29, 0.717) is 0 Å². The van der Waals surface area contributed by atoms with Crippen LogP contribution in [0.1, 0.15) is 36.4 Å². The van der Waals surface area contributed by atoms with Gasteiger partial charge in [0, 0.05) is 0 Å². The first kappa shape index (κ1) is 10.8. The van der Waals surface area contributed by atoms with Crippen LogP contribution in [0.5, 0.6) is 0 Å². The summed E-state index contributed by atoms with van der Waals surface area (Å²) in [5.74, 6) is 0.171. The third kappa shape index (κ3) is 2.07. The third-order valence-corrected chi connectivity index (χ3v) is 3.83. The van der Waals surface area contributed by atoms with Crippen molar-refractivity contribution in [3.63, 3.8) is 0 Å². The number of carbonyl (C=O) groups is 1. The molecule has 3 heteroatoms. The van der Waals surface area contributed by atoms with Gasteiger partial charge in [0.25, 0.3) is 0 Å². The molecule has 1 aliphatic heterocycles. The van der Waals surface area contributed by atoms with E-state index in [1.807, 2.05) is 0 Å². The van der Waals surface area contributed by atoms with Crippen LogP contribution in [-0.4, -0.2) is 18.5 Å². The van der Waals surface area contributed by atoms with Crippen LogP contribution in [0.4, 0.5) is 0 Å². The number of amides is 1. The number of hydrogen-bond acceptors (Lipinski definition) is 2. The van der Waals surface area contributed by atoms with Crippen LogP contribution in [0.3, 0.4) is 0 Å². The lowest BCUT2D eigenvalue weighted by Crippen LogP contribution is -2.41. The maximum absolute atomic E-state index is 12.0. The highest BCUT2D eigenvalue weighted by Crippen LogP contribution is 2.30. The Kier molecular flexibility index (Phi) is 2.85. The van der Waals surface area contributed by atoms with E-state index in [-0.39, 0.29) is 18.0 Å². The lowest BCUT2D eigenvalue weighted by molar-refractivity contribution is -0.123. The van der Waals surface area contributed by atoms with Crippen molar-refractivity contribution in [1.29, 1.82) is 0 Å². The molecule has 0 spiro atoms. The van der Waals surface area contributed by atoms with Crippen LogP contribution in [0, 0.1) is 0 Å². The third-order valence-electron chi connectivity index (χ3n) is 3.83. The molecule has 1 amide bonds. The number of nitrogens with one attached hydrogen (secondary N) is 2. The Bertz CT molecular complexity index is 424. The Morgan fingerprint density at radius 1 is 1.29 bits per heavy atom. The molecule has 90 valence electrons. The molecule has 2 aliphatic rings. The minimum atomic E-state index is 0.0303. The van der Waals surface area contributed by atoms with Crippen molar-refractivity contribution in [2.75, 3.05) is 6.54 Å². The Morgan fingerprint density at radius 2 is 2.18 bits per heavy atom. The number of fused-ring (bicyclic) bond motifs is 1. The van der Waals surface area contributed by atoms with Crippen molar-refractivity contribution >= 4 is 5.91 Å². The summed E-state index contributed by atoms with van der Waals surface area (Å²) in [4.78, 5) is 12.0. The second-order valence-corrected chi connectivity index (χ2v) is 4.95. The highest BCUT2D eigenvalue weighted by molar-refractivity contribution is 5.82.